The van der Waals surface area contributed by atoms with E-state index < -0.39 is 23.5 Å². The van der Waals surface area contributed by atoms with E-state index in [9.17, 15) is 14.7 Å². The second kappa shape index (κ2) is 8.76. The molecule has 0 bridgehead atoms. The van der Waals surface area contributed by atoms with Crippen LogP contribution in [0.4, 0.5) is 10.8 Å². The van der Waals surface area contributed by atoms with Crippen LogP contribution in [0.5, 0.6) is 0 Å². The maximum Gasteiger partial charge on any atom is 0.296 e. The second-order valence-corrected chi connectivity index (χ2v) is 10.4. The first kappa shape index (κ1) is 23.3. The lowest BCUT2D eigenvalue weighted by Crippen LogP contribution is -2.31. The zero-order chi connectivity index (χ0) is 25.8. The van der Waals surface area contributed by atoms with E-state index in [1.807, 2.05) is 67.5 Å². The van der Waals surface area contributed by atoms with Gasteiger partial charge in [0.1, 0.15) is 5.58 Å². The van der Waals surface area contributed by atoms with Gasteiger partial charge < -0.3 is 14.4 Å². The molecule has 37 heavy (non-hydrogen) atoms. The van der Waals surface area contributed by atoms with Gasteiger partial charge in [-0.05, 0) is 54.1 Å². The van der Waals surface area contributed by atoms with E-state index in [2.05, 4.69) is 4.98 Å². The molecule has 0 saturated carbocycles. The number of nitrogens with zero attached hydrogens (tertiary/aromatic N) is 3. The molecule has 0 spiro atoms. The van der Waals surface area contributed by atoms with E-state index in [1.165, 1.54) is 16.2 Å². The highest BCUT2D eigenvalue weighted by atomic mass is 35.5. The van der Waals surface area contributed by atoms with Crippen molar-refractivity contribution in [3.8, 4) is 0 Å². The van der Waals surface area contributed by atoms with Gasteiger partial charge >= 0.3 is 0 Å². The quantitative estimate of drug-likeness (QED) is 0.260. The number of carbonyl (C=O) groups excluding carboxylic acids is 2. The number of halogens is 1. The zero-order valence-corrected chi connectivity index (χ0v) is 21.4. The average molecular weight is 530 g/mol. The molecule has 2 aromatic heterocycles. The van der Waals surface area contributed by atoms with Crippen LogP contribution in [0.1, 0.15) is 22.2 Å². The summed E-state index contributed by atoms with van der Waals surface area (Å²) < 4.78 is 6.69. The van der Waals surface area contributed by atoms with Crippen molar-refractivity contribution < 1.29 is 19.1 Å². The van der Waals surface area contributed by atoms with Crippen LogP contribution in [-0.4, -0.2) is 35.9 Å². The van der Waals surface area contributed by atoms with Gasteiger partial charge in [-0.15, -0.1) is 0 Å². The molecule has 6 rings (SSSR count). The molecule has 0 fully saturated rings. The molecular weight excluding hydrogens is 510 g/mol. The second-order valence-electron chi connectivity index (χ2n) is 8.91. The molecule has 3 heterocycles. The normalized spacial score (nSPS) is 15.8. The molecule has 184 valence electrons. The van der Waals surface area contributed by atoms with Gasteiger partial charge in [0, 0.05) is 30.2 Å². The van der Waals surface area contributed by atoms with Crippen LogP contribution in [0, 0.1) is 0 Å². The predicted octanol–water partition coefficient (Wildman–Crippen LogP) is 6.54. The van der Waals surface area contributed by atoms with E-state index in [1.54, 1.807) is 24.3 Å². The summed E-state index contributed by atoms with van der Waals surface area (Å²) in [4.78, 5) is 35.3. The predicted molar refractivity (Wildman–Crippen MR) is 146 cm³/mol. The molecule has 1 unspecified atom stereocenters. The lowest BCUT2D eigenvalue weighted by molar-refractivity contribution is -0.117. The van der Waals surface area contributed by atoms with Crippen LogP contribution < -0.4 is 9.80 Å². The summed E-state index contributed by atoms with van der Waals surface area (Å²) in [7, 11) is 3.85. The number of Topliss-reactive ketones (excluding diaryl/α,β-unsaturated/α-hetero) is 1. The van der Waals surface area contributed by atoms with Crippen LogP contribution in [-0.2, 0) is 4.79 Å². The van der Waals surface area contributed by atoms with Gasteiger partial charge in [-0.3, -0.25) is 14.5 Å². The number of ketones is 1. The molecule has 1 atom stereocenters. The number of fused-ring (bicyclic) bond motifs is 2. The summed E-state index contributed by atoms with van der Waals surface area (Å²) in [6.45, 7) is 0. The zero-order valence-electron chi connectivity index (χ0n) is 19.8. The molecule has 3 aromatic carbocycles. The van der Waals surface area contributed by atoms with E-state index in [-0.39, 0.29) is 11.3 Å². The lowest BCUT2D eigenvalue weighted by atomic mass is 9.95. The fraction of sp³-hybridized carbons (Fsp3) is 0.107. The number of amides is 1. The first-order valence-corrected chi connectivity index (χ1v) is 12.6. The van der Waals surface area contributed by atoms with Gasteiger partial charge in [-0.2, -0.15) is 0 Å². The van der Waals surface area contributed by atoms with Gasteiger partial charge in [0.2, 0.25) is 5.78 Å². The van der Waals surface area contributed by atoms with Crippen molar-refractivity contribution in [2.24, 2.45) is 0 Å². The molecule has 0 aliphatic carbocycles. The highest BCUT2D eigenvalue weighted by Crippen LogP contribution is 2.44. The van der Waals surface area contributed by atoms with Gasteiger partial charge in [-0.1, -0.05) is 47.2 Å². The van der Waals surface area contributed by atoms with Crippen LogP contribution in [0.3, 0.4) is 0 Å². The molecule has 5 aromatic rings. The van der Waals surface area contributed by atoms with Crippen LogP contribution >= 0.6 is 22.9 Å². The molecule has 0 radical (unpaired) electrons. The number of hydrogen-bond donors (Lipinski definition) is 1. The Morgan fingerprint density at radius 3 is 2.57 bits per heavy atom. The smallest absolute Gasteiger partial charge is 0.296 e. The molecule has 7 nitrogen and oxygen atoms in total. The molecule has 1 N–H and O–H groups in total. The number of aliphatic hydroxyl groups excluding tert-OH is 1. The molecule has 0 saturated heterocycles. The van der Waals surface area contributed by atoms with Crippen molar-refractivity contribution in [2.45, 2.75) is 6.04 Å². The van der Waals surface area contributed by atoms with Crippen LogP contribution in [0.15, 0.2) is 88.5 Å². The lowest BCUT2D eigenvalue weighted by Gasteiger charge is -2.25. The fourth-order valence-corrected chi connectivity index (χ4v) is 5.70. The summed E-state index contributed by atoms with van der Waals surface area (Å²) in [6, 6.07) is 20.7. The number of hydrogen-bond acceptors (Lipinski definition) is 7. The number of benzene rings is 3. The highest BCUT2D eigenvalue weighted by molar-refractivity contribution is 7.22. The van der Waals surface area contributed by atoms with E-state index >= 15 is 0 Å². The summed E-state index contributed by atoms with van der Waals surface area (Å²) >= 11 is 7.42. The number of aromatic nitrogens is 1. The third-order valence-corrected chi connectivity index (χ3v) is 7.64. The molecular formula is C28H20ClN3O4S. The minimum Gasteiger partial charge on any atom is -0.503 e. The maximum atomic E-state index is 13.8. The van der Waals surface area contributed by atoms with Gasteiger partial charge in [0.05, 0.1) is 21.8 Å². The van der Waals surface area contributed by atoms with Crippen molar-refractivity contribution >= 4 is 66.6 Å². The Hall–Kier alpha value is -4.14. The first-order valence-electron chi connectivity index (χ1n) is 11.4. The Morgan fingerprint density at radius 1 is 1.08 bits per heavy atom. The molecule has 9 heteroatoms. The minimum atomic E-state index is -0.895. The summed E-state index contributed by atoms with van der Waals surface area (Å²) in [5, 5.41) is 12.6. The Kier molecular flexibility index (Phi) is 5.51. The van der Waals surface area contributed by atoms with Crippen molar-refractivity contribution in [1.29, 1.82) is 0 Å². The Morgan fingerprint density at radius 2 is 1.84 bits per heavy atom. The van der Waals surface area contributed by atoms with Crippen molar-refractivity contribution in [3.63, 3.8) is 0 Å². The Balaban J connectivity index is 1.50. The third-order valence-electron chi connectivity index (χ3n) is 6.37. The monoisotopic (exact) mass is 529 g/mol. The van der Waals surface area contributed by atoms with E-state index in [0.717, 1.165) is 15.9 Å². The number of rotatable bonds is 5. The summed E-state index contributed by atoms with van der Waals surface area (Å²) in [5.41, 5.74) is 2.75. The maximum absolute atomic E-state index is 13.8. The van der Waals surface area contributed by atoms with Gasteiger partial charge in [-0.25, -0.2) is 4.98 Å². The standard InChI is InChI=1S/C28H20ClN3O4S/c1-31(2)18-10-7-15(8-11-18)24-23(25(33)21-14-16-13-17(29)9-12-20(16)36-21)26(34)27(35)32(24)28-30-19-5-3-4-6-22(19)37-28/h3-14,24,34H,1-2H3. The molecule has 1 aliphatic rings. The fourth-order valence-electron chi connectivity index (χ4n) is 4.53. The van der Waals surface area contributed by atoms with Crippen molar-refractivity contribution in [2.75, 3.05) is 23.9 Å². The first-order chi connectivity index (χ1) is 17.8. The number of aliphatic hydroxyl groups is 1. The number of thiazole rings is 1. The number of para-hydroxylation sites is 1. The van der Waals surface area contributed by atoms with Gasteiger partial charge in [0.25, 0.3) is 5.91 Å². The van der Waals surface area contributed by atoms with Crippen molar-refractivity contribution in [3.05, 3.63) is 100 Å². The Bertz CT molecular complexity index is 1700. The average Bonchev–Trinajstić information content (AvgIpc) is 3.57. The summed E-state index contributed by atoms with van der Waals surface area (Å²) in [5.74, 6) is -1.89. The topological polar surface area (TPSA) is 86.9 Å². The molecule has 1 aliphatic heterocycles. The Labute approximate surface area is 220 Å². The van der Waals surface area contributed by atoms with Crippen LogP contribution in [0.2, 0.25) is 5.02 Å². The third kappa shape index (κ3) is 3.85. The minimum absolute atomic E-state index is 0.00711. The largest absolute Gasteiger partial charge is 0.503 e. The number of carbonyl (C=O) groups is 2. The van der Waals surface area contributed by atoms with E-state index in [0.29, 0.717) is 26.7 Å². The highest BCUT2D eigenvalue weighted by Gasteiger charge is 2.46. The van der Waals surface area contributed by atoms with Gasteiger partial charge in [0.15, 0.2) is 16.7 Å². The van der Waals surface area contributed by atoms with Crippen LogP contribution in [0.25, 0.3) is 21.2 Å². The summed E-state index contributed by atoms with van der Waals surface area (Å²) in [6.07, 6.45) is 0. The molecule has 1 amide bonds. The number of anilines is 2. The van der Waals surface area contributed by atoms with E-state index in [4.69, 9.17) is 16.0 Å². The number of furan rings is 1. The SMILES string of the molecule is CN(C)c1ccc(C2C(C(=O)c3cc4cc(Cl)ccc4o3)=C(O)C(=O)N2c2nc3ccccc3s2)cc1. The van der Waals surface area contributed by atoms with Crippen molar-refractivity contribution in [1.82, 2.24) is 4.98 Å².